The van der Waals surface area contributed by atoms with Crippen LogP contribution in [0.25, 0.3) is 0 Å². The third-order valence-corrected chi connectivity index (χ3v) is 6.98. The summed E-state index contributed by atoms with van der Waals surface area (Å²) in [6.45, 7) is 5.82. The van der Waals surface area contributed by atoms with Crippen molar-refractivity contribution in [1.82, 2.24) is 9.80 Å². The number of rotatable bonds is 5. The summed E-state index contributed by atoms with van der Waals surface area (Å²) in [7, 11) is -3.00. The van der Waals surface area contributed by atoms with Gasteiger partial charge in [-0.25, -0.2) is 12.8 Å². The third kappa shape index (κ3) is 4.54. The molecule has 6 nitrogen and oxygen atoms in total. The van der Waals surface area contributed by atoms with Crippen LogP contribution >= 0.6 is 0 Å². The molecule has 2 aliphatic rings. The molecule has 2 saturated heterocycles. The SMILES string of the molecule is CCN(C(=O)CN1CCN(c2ccc(F)cc2)CC1)C1CCS(=O)(=O)C1. The number of carbonyl (C=O) groups excluding carboxylic acids is 1. The summed E-state index contributed by atoms with van der Waals surface area (Å²) in [6, 6.07) is 6.28. The molecular formula is C18H26FN3O3S. The van der Waals surface area contributed by atoms with E-state index in [0.717, 1.165) is 31.9 Å². The van der Waals surface area contributed by atoms with Crippen molar-refractivity contribution in [1.29, 1.82) is 0 Å². The van der Waals surface area contributed by atoms with Gasteiger partial charge >= 0.3 is 0 Å². The lowest BCUT2D eigenvalue weighted by atomic mass is 10.2. The number of carbonyl (C=O) groups is 1. The average molecular weight is 383 g/mol. The summed E-state index contributed by atoms with van der Waals surface area (Å²) < 4.78 is 36.4. The number of hydrogen-bond acceptors (Lipinski definition) is 5. The van der Waals surface area contributed by atoms with Crippen molar-refractivity contribution in [3.05, 3.63) is 30.1 Å². The summed E-state index contributed by atoms with van der Waals surface area (Å²) in [4.78, 5) is 18.7. The van der Waals surface area contributed by atoms with E-state index in [1.54, 1.807) is 17.0 Å². The van der Waals surface area contributed by atoms with Gasteiger partial charge in [0.05, 0.1) is 18.1 Å². The second kappa shape index (κ2) is 7.92. The van der Waals surface area contributed by atoms with Gasteiger partial charge in [-0.1, -0.05) is 0 Å². The zero-order valence-electron chi connectivity index (χ0n) is 15.1. The second-order valence-corrected chi connectivity index (χ2v) is 9.20. The lowest BCUT2D eigenvalue weighted by molar-refractivity contribution is -0.134. The number of amides is 1. The Balaban J connectivity index is 1.51. The second-order valence-electron chi connectivity index (χ2n) is 6.98. The molecule has 1 atom stereocenters. The molecule has 0 bridgehead atoms. The Kier molecular flexibility index (Phi) is 5.82. The molecule has 0 aromatic heterocycles. The van der Waals surface area contributed by atoms with Crippen molar-refractivity contribution in [2.45, 2.75) is 19.4 Å². The van der Waals surface area contributed by atoms with Gasteiger partial charge in [0, 0.05) is 44.5 Å². The zero-order chi connectivity index (χ0) is 18.7. The number of halogens is 1. The molecule has 3 rings (SSSR count). The standard InChI is InChI=1S/C18H26FN3O3S/c1-2-22(17-7-12-26(24,25)14-17)18(23)13-20-8-10-21(11-9-20)16-5-3-15(19)4-6-16/h3-6,17H,2,7-14H2,1H3. The largest absolute Gasteiger partial charge is 0.369 e. The van der Waals surface area contributed by atoms with Crippen molar-refractivity contribution in [3.63, 3.8) is 0 Å². The van der Waals surface area contributed by atoms with Gasteiger partial charge in [-0.2, -0.15) is 0 Å². The number of benzene rings is 1. The van der Waals surface area contributed by atoms with Crippen molar-refractivity contribution >= 4 is 21.4 Å². The fourth-order valence-corrected chi connectivity index (χ4v) is 5.49. The molecule has 0 radical (unpaired) electrons. The van der Waals surface area contributed by atoms with Crippen molar-refractivity contribution in [2.24, 2.45) is 0 Å². The van der Waals surface area contributed by atoms with E-state index < -0.39 is 9.84 Å². The molecule has 26 heavy (non-hydrogen) atoms. The highest BCUT2D eigenvalue weighted by atomic mass is 32.2. The molecule has 1 amide bonds. The fraction of sp³-hybridized carbons (Fsp3) is 0.611. The third-order valence-electron chi connectivity index (χ3n) is 5.23. The van der Waals surface area contributed by atoms with Crippen LogP contribution in [0.3, 0.4) is 0 Å². The minimum atomic E-state index is -3.00. The van der Waals surface area contributed by atoms with E-state index >= 15 is 0 Å². The Bertz CT molecular complexity index is 731. The molecule has 1 aromatic rings. The number of piperazine rings is 1. The number of anilines is 1. The molecule has 2 aliphatic heterocycles. The Morgan fingerprint density at radius 2 is 1.85 bits per heavy atom. The molecule has 144 valence electrons. The molecule has 1 unspecified atom stereocenters. The van der Waals surface area contributed by atoms with Crippen LogP contribution in [0.4, 0.5) is 10.1 Å². The first-order valence-electron chi connectivity index (χ1n) is 9.11. The predicted octanol–water partition coefficient (Wildman–Crippen LogP) is 0.983. The number of nitrogens with zero attached hydrogens (tertiary/aromatic N) is 3. The molecule has 0 N–H and O–H groups in total. The van der Waals surface area contributed by atoms with E-state index in [4.69, 9.17) is 0 Å². The summed E-state index contributed by atoms with van der Waals surface area (Å²) in [6.07, 6.45) is 0.542. The van der Waals surface area contributed by atoms with E-state index in [1.165, 1.54) is 12.1 Å². The summed E-state index contributed by atoms with van der Waals surface area (Å²) in [5.41, 5.74) is 0.990. The van der Waals surface area contributed by atoms with Crippen molar-refractivity contribution < 1.29 is 17.6 Å². The van der Waals surface area contributed by atoms with Crippen LogP contribution in [0.2, 0.25) is 0 Å². The van der Waals surface area contributed by atoms with Crippen LogP contribution in [-0.4, -0.2) is 80.9 Å². The highest BCUT2D eigenvalue weighted by Gasteiger charge is 2.34. The van der Waals surface area contributed by atoms with Crippen LogP contribution in [0, 0.1) is 5.82 Å². The maximum absolute atomic E-state index is 13.0. The van der Waals surface area contributed by atoms with E-state index in [-0.39, 0.29) is 29.3 Å². The van der Waals surface area contributed by atoms with Gasteiger partial charge in [0.15, 0.2) is 9.84 Å². The van der Waals surface area contributed by atoms with Crippen molar-refractivity contribution in [2.75, 3.05) is 55.7 Å². The van der Waals surface area contributed by atoms with E-state index in [0.29, 0.717) is 19.5 Å². The number of likely N-dealkylation sites (N-methyl/N-ethyl adjacent to an activating group) is 1. The summed E-state index contributed by atoms with van der Waals surface area (Å²) in [5, 5.41) is 0. The van der Waals surface area contributed by atoms with Crippen LogP contribution in [0.5, 0.6) is 0 Å². The van der Waals surface area contributed by atoms with Crippen LogP contribution in [0.15, 0.2) is 24.3 Å². The van der Waals surface area contributed by atoms with Crippen LogP contribution < -0.4 is 4.90 Å². The molecular weight excluding hydrogens is 357 g/mol. The van der Waals surface area contributed by atoms with Crippen LogP contribution in [0.1, 0.15) is 13.3 Å². The Morgan fingerprint density at radius 3 is 2.38 bits per heavy atom. The Morgan fingerprint density at radius 1 is 1.19 bits per heavy atom. The van der Waals surface area contributed by atoms with E-state index in [2.05, 4.69) is 9.80 Å². The lowest BCUT2D eigenvalue weighted by Crippen LogP contribution is -2.51. The van der Waals surface area contributed by atoms with Crippen LogP contribution in [-0.2, 0) is 14.6 Å². The average Bonchev–Trinajstić information content (AvgIpc) is 2.96. The molecule has 2 heterocycles. The Labute approximate surface area is 154 Å². The highest BCUT2D eigenvalue weighted by Crippen LogP contribution is 2.19. The van der Waals surface area contributed by atoms with Gasteiger partial charge in [-0.15, -0.1) is 0 Å². The van der Waals surface area contributed by atoms with E-state index in [9.17, 15) is 17.6 Å². The summed E-state index contributed by atoms with van der Waals surface area (Å²) in [5.74, 6) is 0.0271. The first kappa shape index (κ1) is 19.1. The Hall–Kier alpha value is -1.67. The first-order valence-corrected chi connectivity index (χ1v) is 10.9. The van der Waals surface area contributed by atoms with Gasteiger partial charge in [0.2, 0.25) is 5.91 Å². The molecule has 1 aromatic carbocycles. The predicted molar refractivity (Wildman–Crippen MR) is 99.5 cm³/mol. The van der Waals surface area contributed by atoms with Gasteiger partial charge < -0.3 is 9.80 Å². The minimum absolute atomic E-state index is 0.00447. The quantitative estimate of drug-likeness (QED) is 0.759. The van der Waals surface area contributed by atoms with Gasteiger partial charge in [-0.05, 0) is 37.6 Å². The summed E-state index contributed by atoms with van der Waals surface area (Å²) >= 11 is 0. The minimum Gasteiger partial charge on any atom is -0.369 e. The normalized spacial score (nSPS) is 23.2. The molecule has 0 aliphatic carbocycles. The van der Waals surface area contributed by atoms with Gasteiger partial charge in [-0.3, -0.25) is 9.69 Å². The highest BCUT2D eigenvalue weighted by molar-refractivity contribution is 7.91. The number of sulfone groups is 1. The zero-order valence-corrected chi connectivity index (χ0v) is 15.9. The maximum atomic E-state index is 13.0. The molecule has 2 fully saturated rings. The van der Waals surface area contributed by atoms with Crippen molar-refractivity contribution in [3.8, 4) is 0 Å². The fourth-order valence-electron chi connectivity index (χ4n) is 3.76. The first-order chi connectivity index (χ1) is 12.4. The smallest absolute Gasteiger partial charge is 0.237 e. The maximum Gasteiger partial charge on any atom is 0.237 e. The lowest BCUT2D eigenvalue weighted by Gasteiger charge is -2.37. The molecule has 0 saturated carbocycles. The van der Waals surface area contributed by atoms with E-state index in [1.807, 2.05) is 6.92 Å². The van der Waals surface area contributed by atoms with Gasteiger partial charge in [0.25, 0.3) is 0 Å². The number of hydrogen-bond donors (Lipinski definition) is 0. The molecule has 8 heteroatoms. The monoisotopic (exact) mass is 383 g/mol. The van der Waals surface area contributed by atoms with Gasteiger partial charge in [0.1, 0.15) is 5.82 Å². The molecule has 0 spiro atoms. The topological polar surface area (TPSA) is 60.9 Å².